The first-order valence-electron chi connectivity index (χ1n) is 14.8. The van der Waals surface area contributed by atoms with Crippen molar-refractivity contribution in [3.8, 4) is 0 Å². The lowest BCUT2D eigenvalue weighted by Gasteiger charge is -2.37. The van der Waals surface area contributed by atoms with Crippen LogP contribution in [0.25, 0.3) is 0 Å². The summed E-state index contributed by atoms with van der Waals surface area (Å²) in [4.78, 5) is 47.7. The highest BCUT2D eigenvalue weighted by Crippen LogP contribution is 2.65. The highest BCUT2D eigenvalue weighted by Gasteiger charge is 2.80. The molecule has 0 aliphatic carbocycles. The largest absolute Gasteiger partial charge is 0.461 e. The molecule has 1 N–H and O–H groups in total. The molecule has 0 aromatic heterocycles. The van der Waals surface area contributed by atoms with Gasteiger partial charge in [-0.2, -0.15) is 0 Å². The molecular formula is C32H45N3O6. The molecule has 3 unspecified atom stereocenters. The second-order valence-corrected chi connectivity index (χ2v) is 11.5. The molecule has 0 saturated carbocycles. The Labute approximate surface area is 243 Å². The Morgan fingerprint density at radius 2 is 1.80 bits per heavy atom. The third kappa shape index (κ3) is 5.07. The van der Waals surface area contributed by atoms with Crippen molar-refractivity contribution in [2.45, 2.75) is 64.2 Å². The number of hydrogen-bond acceptors (Lipinski definition) is 7. The lowest BCUT2D eigenvalue weighted by molar-refractivity contribution is -0.160. The zero-order valence-corrected chi connectivity index (χ0v) is 24.9. The molecule has 1 aromatic rings. The summed E-state index contributed by atoms with van der Waals surface area (Å²) in [6.45, 7) is 17.9. The van der Waals surface area contributed by atoms with Gasteiger partial charge >= 0.3 is 5.97 Å². The van der Waals surface area contributed by atoms with E-state index in [1.165, 1.54) is 6.08 Å². The van der Waals surface area contributed by atoms with E-state index in [1.807, 2.05) is 38.1 Å². The van der Waals surface area contributed by atoms with Gasteiger partial charge in [-0.3, -0.25) is 14.4 Å². The summed E-state index contributed by atoms with van der Waals surface area (Å²) in [5, 5.41) is 9.43. The minimum atomic E-state index is -1.17. The number of ether oxygens (including phenoxy) is 2. The molecule has 1 aromatic carbocycles. The topological polar surface area (TPSA) is 99.6 Å². The highest BCUT2D eigenvalue weighted by molar-refractivity contribution is 6.05. The number of rotatable bonds is 14. The van der Waals surface area contributed by atoms with Crippen LogP contribution in [-0.4, -0.2) is 84.4 Å². The molecule has 6 atom stereocenters. The summed E-state index contributed by atoms with van der Waals surface area (Å²) < 4.78 is 12.2. The average Bonchev–Trinajstić information content (AvgIpc) is 3.48. The molecule has 224 valence electrons. The van der Waals surface area contributed by atoms with Gasteiger partial charge in [-0.25, -0.2) is 0 Å². The molecule has 2 bridgehead atoms. The van der Waals surface area contributed by atoms with Gasteiger partial charge in [0.25, 0.3) is 5.91 Å². The lowest BCUT2D eigenvalue weighted by Crippen LogP contribution is -2.57. The van der Waals surface area contributed by atoms with E-state index in [4.69, 9.17) is 9.47 Å². The Balaban J connectivity index is 1.77. The van der Waals surface area contributed by atoms with Crippen LogP contribution in [0.2, 0.25) is 0 Å². The molecule has 41 heavy (non-hydrogen) atoms. The Morgan fingerprint density at radius 3 is 2.39 bits per heavy atom. The molecule has 9 heteroatoms. The van der Waals surface area contributed by atoms with E-state index in [2.05, 4.69) is 31.9 Å². The first-order chi connectivity index (χ1) is 19.6. The Bertz CT molecular complexity index is 1150. The van der Waals surface area contributed by atoms with E-state index in [9.17, 15) is 19.5 Å². The first-order valence-corrected chi connectivity index (χ1v) is 14.8. The summed E-state index contributed by atoms with van der Waals surface area (Å²) in [5.41, 5.74) is -0.351. The fourth-order valence-electron chi connectivity index (χ4n) is 7.27. The molecule has 9 nitrogen and oxygen atoms in total. The number of fused-ring (bicyclic) bond motifs is 1. The Kier molecular flexibility index (Phi) is 9.29. The van der Waals surface area contributed by atoms with Crippen LogP contribution >= 0.6 is 0 Å². The van der Waals surface area contributed by atoms with E-state index in [-0.39, 0.29) is 44.0 Å². The number of esters is 1. The highest BCUT2D eigenvalue weighted by atomic mass is 16.6. The summed E-state index contributed by atoms with van der Waals surface area (Å²) >= 11 is 0. The summed E-state index contributed by atoms with van der Waals surface area (Å²) in [5.74, 6) is -2.79. The first kappa shape index (κ1) is 30.8. The van der Waals surface area contributed by atoms with Gasteiger partial charge < -0.3 is 29.3 Å². The molecule has 3 aliphatic heterocycles. The predicted octanol–water partition coefficient (Wildman–Crippen LogP) is 3.56. The van der Waals surface area contributed by atoms with Crippen LogP contribution in [0.3, 0.4) is 0 Å². The number of aliphatic hydroxyl groups excluding tert-OH is 1. The second kappa shape index (κ2) is 12.4. The SMILES string of the molecule is C=CCOC(=O)[C@H]1[C@H]2C(=O)N(CCCCO)C(C(=O)N(CC=C)c3ccc(N(CC)CC)cc3)C23CC(C)[C@]1(C)O3. The molecule has 4 rings (SSSR count). The molecule has 3 aliphatic rings. The number of amides is 2. The third-order valence-electron chi connectivity index (χ3n) is 9.32. The van der Waals surface area contributed by atoms with Crippen LogP contribution < -0.4 is 9.80 Å². The fraction of sp³-hybridized carbons (Fsp3) is 0.594. The van der Waals surface area contributed by atoms with Gasteiger partial charge in [-0.05, 0) is 70.2 Å². The number of hydrogen-bond donors (Lipinski definition) is 1. The number of carbonyl (C=O) groups excluding carboxylic acids is 3. The van der Waals surface area contributed by atoms with Gasteiger partial charge in [0, 0.05) is 44.2 Å². The Morgan fingerprint density at radius 1 is 1.15 bits per heavy atom. The molecule has 2 amide bonds. The molecule has 3 saturated heterocycles. The number of unbranched alkanes of at least 4 members (excludes halogenated alkanes) is 1. The molecule has 3 fully saturated rings. The zero-order chi connectivity index (χ0) is 29.9. The fourth-order valence-corrected chi connectivity index (χ4v) is 7.27. The number of nitrogens with zero attached hydrogens (tertiary/aromatic N) is 3. The molecule has 1 spiro atoms. The van der Waals surface area contributed by atoms with Crippen molar-refractivity contribution in [1.29, 1.82) is 0 Å². The second-order valence-electron chi connectivity index (χ2n) is 11.5. The monoisotopic (exact) mass is 567 g/mol. The van der Waals surface area contributed by atoms with Crippen molar-refractivity contribution < 1.29 is 29.0 Å². The van der Waals surface area contributed by atoms with E-state index in [0.717, 1.165) is 18.8 Å². The maximum Gasteiger partial charge on any atom is 0.313 e. The number of likely N-dealkylation sites (tertiary alicyclic amines) is 1. The van der Waals surface area contributed by atoms with Gasteiger partial charge in [-0.1, -0.05) is 25.7 Å². The number of anilines is 2. The number of benzene rings is 1. The van der Waals surface area contributed by atoms with Crippen LogP contribution in [0.15, 0.2) is 49.6 Å². The minimum absolute atomic E-state index is 0.0151. The number of carbonyl (C=O) groups is 3. The van der Waals surface area contributed by atoms with Crippen LogP contribution in [-0.2, 0) is 23.9 Å². The van der Waals surface area contributed by atoms with Crippen molar-refractivity contribution in [1.82, 2.24) is 4.90 Å². The van der Waals surface area contributed by atoms with Gasteiger partial charge in [0.2, 0.25) is 5.91 Å². The molecule has 0 radical (unpaired) electrons. The van der Waals surface area contributed by atoms with Crippen molar-refractivity contribution in [3.05, 3.63) is 49.6 Å². The van der Waals surface area contributed by atoms with Crippen LogP contribution in [0.5, 0.6) is 0 Å². The van der Waals surface area contributed by atoms with Crippen LogP contribution in [0.4, 0.5) is 11.4 Å². The Hall–Kier alpha value is -3.17. The molecule has 3 heterocycles. The van der Waals surface area contributed by atoms with Crippen LogP contribution in [0, 0.1) is 17.8 Å². The summed E-state index contributed by atoms with van der Waals surface area (Å²) in [6.07, 6.45) is 4.65. The summed E-state index contributed by atoms with van der Waals surface area (Å²) in [6, 6.07) is 6.91. The maximum atomic E-state index is 14.7. The van der Waals surface area contributed by atoms with Crippen molar-refractivity contribution >= 4 is 29.2 Å². The standard InChI is InChI=1S/C32H45N3O6/c1-7-17-34(24-15-13-23(14-16-24)33(9-3)10-4)29(38)27-32-21-22(5)31(6,41-32)26(30(39)40-20-8-2)25(32)28(37)35(27)18-11-12-19-36/h7-8,13-16,22,25-27,36H,1-2,9-12,17-21H2,3-6H3/t22?,25-,26+,27?,31-,32?/m0/s1. The lowest BCUT2D eigenvalue weighted by atomic mass is 9.62. The van der Waals surface area contributed by atoms with Gasteiger partial charge in [0.05, 0.1) is 11.5 Å². The van der Waals surface area contributed by atoms with Gasteiger partial charge in [-0.15, -0.1) is 6.58 Å². The van der Waals surface area contributed by atoms with E-state index >= 15 is 0 Å². The predicted molar refractivity (Wildman–Crippen MR) is 159 cm³/mol. The van der Waals surface area contributed by atoms with Gasteiger partial charge in [0.15, 0.2) is 0 Å². The minimum Gasteiger partial charge on any atom is -0.461 e. The quantitative estimate of drug-likeness (QED) is 0.209. The maximum absolute atomic E-state index is 14.7. The van der Waals surface area contributed by atoms with E-state index in [0.29, 0.717) is 24.9 Å². The summed E-state index contributed by atoms with van der Waals surface area (Å²) in [7, 11) is 0. The number of aliphatic hydroxyl groups is 1. The normalized spacial score (nSPS) is 29.8. The van der Waals surface area contributed by atoms with Crippen LogP contribution in [0.1, 0.15) is 47.0 Å². The van der Waals surface area contributed by atoms with Crippen molar-refractivity contribution in [3.63, 3.8) is 0 Å². The zero-order valence-electron chi connectivity index (χ0n) is 24.9. The van der Waals surface area contributed by atoms with Crippen molar-refractivity contribution in [2.24, 2.45) is 17.8 Å². The van der Waals surface area contributed by atoms with E-state index in [1.54, 1.807) is 15.9 Å². The van der Waals surface area contributed by atoms with E-state index < -0.39 is 35.0 Å². The van der Waals surface area contributed by atoms with Gasteiger partial charge in [0.1, 0.15) is 24.2 Å². The van der Waals surface area contributed by atoms with Crippen molar-refractivity contribution in [2.75, 3.05) is 49.2 Å². The average molecular weight is 568 g/mol. The smallest absolute Gasteiger partial charge is 0.313 e. The third-order valence-corrected chi connectivity index (χ3v) is 9.32. The molecular weight excluding hydrogens is 522 g/mol.